The number of carbonyl (C=O) groups excluding carboxylic acids is 1. The molecule has 2 aromatic heterocycles. The normalized spacial score (nSPS) is 11.3. The third kappa shape index (κ3) is 3.60. The van der Waals surface area contributed by atoms with Gasteiger partial charge < -0.3 is 9.73 Å². The number of thiazole rings is 1. The van der Waals surface area contributed by atoms with Crippen LogP contribution >= 0.6 is 11.3 Å². The molecule has 0 saturated heterocycles. The van der Waals surface area contributed by atoms with Crippen LogP contribution in [0.1, 0.15) is 16.7 Å². The molecule has 30 heavy (non-hydrogen) atoms. The number of aromatic nitrogens is 1. The van der Waals surface area contributed by atoms with Crippen LogP contribution in [-0.2, 0) is 11.2 Å². The summed E-state index contributed by atoms with van der Waals surface area (Å²) in [6, 6.07) is 20.1. The third-order valence-corrected chi connectivity index (χ3v) is 6.19. The molecule has 5 heteroatoms. The van der Waals surface area contributed by atoms with Crippen molar-refractivity contribution in [1.29, 1.82) is 0 Å². The van der Waals surface area contributed by atoms with E-state index in [1.54, 1.807) is 17.6 Å². The lowest BCUT2D eigenvalue weighted by Gasteiger charge is -2.05. The number of nitrogens with zero attached hydrogens (tertiary/aromatic N) is 1. The van der Waals surface area contributed by atoms with Crippen LogP contribution in [0.2, 0.25) is 0 Å². The van der Waals surface area contributed by atoms with Crippen molar-refractivity contribution in [3.8, 4) is 10.6 Å². The lowest BCUT2D eigenvalue weighted by molar-refractivity contribution is -0.115. The number of fused-ring (bicyclic) bond motifs is 2. The minimum Gasteiger partial charge on any atom is -0.464 e. The average molecular weight is 413 g/mol. The Balaban J connectivity index is 1.31. The van der Waals surface area contributed by atoms with Crippen LogP contribution in [0.25, 0.3) is 31.8 Å². The number of amides is 1. The fourth-order valence-electron chi connectivity index (χ4n) is 3.56. The Morgan fingerprint density at radius 3 is 2.60 bits per heavy atom. The summed E-state index contributed by atoms with van der Waals surface area (Å²) in [6.07, 6.45) is 1.94. The Hall–Kier alpha value is -3.44. The van der Waals surface area contributed by atoms with Gasteiger partial charge in [-0.25, -0.2) is 4.98 Å². The fraction of sp³-hybridized carbons (Fsp3) is 0.120. The molecule has 0 radical (unpaired) electrons. The monoisotopic (exact) mass is 412 g/mol. The predicted octanol–water partition coefficient (Wildman–Crippen LogP) is 6.51. The summed E-state index contributed by atoms with van der Waals surface area (Å²) in [4.78, 5) is 17.3. The van der Waals surface area contributed by atoms with E-state index in [4.69, 9.17) is 9.40 Å². The van der Waals surface area contributed by atoms with Gasteiger partial charge in [-0.1, -0.05) is 17.7 Å². The molecule has 0 fully saturated rings. The first kappa shape index (κ1) is 18.6. The van der Waals surface area contributed by atoms with Gasteiger partial charge >= 0.3 is 0 Å². The highest BCUT2D eigenvalue weighted by atomic mass is 32.1. The maximum absolute atomic E-state index is 12.5. The van der Waals surface area contributed by atoms with Gasteiger partial charge in [0.15, 0.2) is 0 Å². The molecule has 0 unspecified atom stereocenters. The van der Waals surface area contributed by atoms with Gasteiger partial charge in [0, 0.05) is 22.2 Å². The molecule has 0 spiro atoms. The van der Waals surface area contributed by atoms with Crippen molar-refractivity contribution < 1.29 is 9.21 Å². The largest absolute Gasteiger partial charge is 0.464 e. The smallest absolute Gasteiger partial charge is 0.228 e. The maximum atomic E-state index is 12.5. The van der Waals surface area contributed by atoms with Crippen molar-refractivity contribution in [1.82, 2.24) is 4.98 Å². The van der Waals surface area contributed by atoms with E-state index < -0.39 is 0 Å². The second kappa shape index (κ2) is 7.43. The number of benzene rings is 3. The Kier molecular flexibility index (Phi) is 4.60. The van der Waals surface area contributed by atoms with Gasteiger partial charge in [-0.05, 0) is 67.9 Å². The van der Waals surface area contributed by atoms with Crippen molar-refractivity contribution in [2.45, 2.75) is 20.3 Å². The van der Waals surface area contributed by atoms with Crippen LogP contribution in [0.4, 0.5) is 5.69 Å². The standard InChI is InChI=1S/C25H20N2O2S/c1-15-4-10-22-20(11-15)18(14-29-22)13-24(28)26-19-7-5-17(6-8-19)25-27-21-9-3-16(2)12-23(21)30-25/h3-12,14H,13H2,1-2H3,(H,26,28). The Labute approximate surface area is 178 Å². The number of rotatable bonds is 4. The van der Waals surface area contributed by atoms with E-state index in [-0.39, 0.29) is 12.3 Å². The van der Waals surface area contributed by atoms with Crippen LogP contribution < -0.4 is 5.32 Å². The van der Waals surface area contributed by atoms with E-state index in [0.29, 0.717) is 0 Å². The molecule has 0 bridgehead atoms. The van der Waals surface area contributed by atoms with Gasteiger partial charge in [0.25, 0.3) is 0 Å². The highest BCUT2D eigenvalue weighted by molar-refractivity contribution is 7.21. The van der Waals surface area contributed by atoms with E-state index in [0.717, 1.165) is 43.9 Å². The van der Waals surface area contributed by atoms with Crippen molar-refractivity contribution in [2.24, 2.45) is 0 Å². The number of hydrogen-bond acceptors (Lipinski definition) is 4. The topological polar surface area (TPSA) is 55.1 Å². The molecular weight excluding hydrogens is 392 g/mol. The Morgan fingerprint density at radius 1 is 1.00 bits per heavy atom. The third-order valence-electron chi connectivity index (χ3n) is 5.12. The first-order chi connectivity index (χ1) is 14.5. The van der Waals surface area contributed by atoms with E-state index in [2.05, 4.69) is 36.5 Å². The Bertz CT molecular complexity index is 1380. The molecule has 3 aromatic carbocycles. The molecule has 5 aromatic rings. The maximum Gasteiger partial charge on any atom is 0.228 e. The summed E-state index contributed by atoms with van der Waals surface area (Å²) >= 11 is 1.68. The minimum absolute atomic E-state index is 0.0672. The summed E-state index contributed by atoms with van der Waals surface area (Å²) in [5.74, 6) is -0.0672. The van der Waals surface area contributed by atoms with Crippen molar-refractivity contribution in [3.05, 3.63) is 83.6 Å². The van der Waals surface area contributed by atoms with Crippen LogP contribution in [0.3, 0.4) is 0 Å². The summed E-state index contributed by atoms with van der Waals surface area (Å²) in [5.41, 5.74) is 6.90. The number of aryl methyl sites for hydroxylation is 2. The average Bonchev–Trinajstić information content (AvgIpc) is 3.32. The molecule has 0 aliphatic rings. The zero-order valence-corrected chi connectivity index (χ0v) is 17.5. The summed E-state index contributed by atoms with van der Waals surface area (Å²) in [6.45, 7) is 4.12. The minimum atomic E-state index is -0.0672. The molecule has 1 N–H and O–H groups in total. The molecule has 4 nitrogen and oxygen atoms in total. The molecule has 0 aliphatic carbocycles. The van der Waals surface area contributed by atoms with Crippen molar-refractivity contribution in [3.63, 3.8) is 0 Å². The number of nitrogens with one attached hydrogen (secondary N) is 1. The SMILES string of the molecule is Cc1ccc2nc(-c3ccc(NC(=O)Cc4coc5ccc(C)cc45)cc3)sc2c1. The van der Waals surface area contributed by atoms with Crippen molar-refractivity contribution in [2.75, 3.05) is 5.32 Å². The molecule has 148 valence electrons. The second-order valence-electron chi connectivity index (χ2n) is 7.55. The number of anilines is 1. The number of carbonyl (C=O) groups is 1. The summed E-state index contributed by atoms with van der Waals surface area (Å²) < 4.78 is 6.75. The van der Waals surface area contributed by atoms with Crippen LogP contribution in [0.15, 0.2) is 71.3 Å². The van der Waals surface area contributed by atoms with E-state index in [9.17, 15) is 4.79 Å². The zero-order valence-electron chi connectivity index (χ0n) is 16.7. The number of furan rings is 1. The summed E-state index contributed by atoms with van der Waals surface area (Å²) in [7, 11) is 0. The van der Waals surface area contributed by atoms with Crippen LogP contribution in [-0.4, -0.2) is 10.9 Å². The first-order valence-electron chi connectivity index (χ1n) is 9.79. The molecule has 5 rings (SSSR count). The highest BCUT2D eigenvalue weighted by Gasteiger charge is 2.12. The highest BCUT2D eigenvalue weighted by Crippen LogP contribution is 2.31. The summed E-state index contributed by atoms with van der Waals surface area (Å²) in [5, 5.41) is 4.95. The van der Waals surface area contributed by atoms with E-state index in [1.807, 2.05) is 43.3 Å². The zero-order chi connectivity index (χ0) is 20.7. The van der Waals surface area contributed by atoms with Crippen molar-refractivity contribution >= 4 is 44.1 Å². The number of hydrogen-bond donors (Lipinski definition) is 1. The molecule has 2 heterocycles. The van der Waals surface area contributed by atoms with E-state index >= 15 is 0 Å². The predicted molar refractivity (Wildman–Crippen MR) is 123 cm³/mol. The lowest BCUT2D eigenvalue weighted by Crippen LogP contribution is -2.14. The molecular formula is C25H20N2O2S. The first-order valence-corrected chi connectivity index (χ1v) is 10.6. The molecule has 0 aliphatic heterocycles. The quantitative estimate of drug-likeness (QED) is 0.366. The molecule has 0 atom stereocenters. The van der Waals surface area contributed by atoms with E-state index in [1.165, 1.54) is 10.3 Å². The van der Waals surface area contributed by atoms with Gasteiger partial charge in [0.1, 0.15) is 10.6 Å². The van der Waals surface area contributed by atoms with Gasteiger partial charge in [-0.3, -0.25) is 4.79 Å². The van der Waals surface area contributed by atoms with Gasteiger partial charge in [-0.2, -0.15) is 0 Å². The Morgan fingerprint density at radius 2 is 1.77 bits per heavy atom. The molecule has 0 saturated carbocycles. The fourth-order valence-corrected chi connectivity index (χ4v) is 4.63. The second-order valence-corrected chi connectivity index (χ2v) is 8.58. The van der Waals surface area contributed by atoms with Crippen LogP contribution in [0, 0.1) is 13.8 Å². The van der Waals surface area contributed by atoms with Gasteiger partial charge in [0.05, 0.1) is 22.9 Å². The lowest BCUT2D eigenvalue weighted by atomic mass is 10.1. The molecule has 1 amide bonds. The van der Waals surface area contributed by atoms with Gasteiger partial charge in [0.2, 0.25) is 5.91 Å². The van der Waals surface area contributed by atoms with Crippen LogP contribution in [0.5, 0.6) is 0 Å². The van der Waals surface area contributed by atoms with Gasteiger partial charge in [-0.15, -0.1) is 11.3 Å².